The van der Waals surface area contributed by atoms with Crippen LogP contribution in [-0.4, -0.2) is 34.5 Å². The van der Waals surface area contributed by atoms with E-state index in [1.54, 1.807) is 30.2 Å². The predicted molar refractivity (Wildman–Crippen MR) is 145 cm³/mol. The van der Waals surface area contributed by atoms with Gasteiger partial charge in [-0.05, 0) is 76.6 Å². The van der Waals surface area contributed by atoms with Crippen LogP contribution in [0.4, 0.5) is 5.88 Å². The summed E-state index contributed by atoms with van der Waals surface area (Å²) >= 11 is 0. The fourth-order valence-corrected chi connectivity index (χ4v) is 5.02. The molecule has 0 unspecified atom stereocenters. The summed E-state index contributed by atoms with van der Waals surface area (Å²) < 4.78 is 17.4. The number of pyridine rings is 1. The number of amides is 1. The lowest BCUT2D eigenvalue weighted by Gasteiger charge is -2.32. The average Bonchev–Trinajstić information content (AvgIpc) is 3.54. The maximum atomic E-state index is 13.7. The molecule has 0 saturated heterocycles. The highest BCUT2D eigenvalue weighted by Crippen LogP contribution is 2.37. The lowest BCUT2D eigenvalue weighted by Crippen LogP contribution is -2.42. The molecule has 4 aromatic rings. The molecule has 8 heteroatoms. The van der Waals surface area contributed by atoms with Crippen LogP contribution in [0.1, 0.15) is 63.7 Å². The number of carbonyl (C=O) groups excluding carboxylic acids is 2. The minimum Gasteiger partial charge on any atom is -0.462 e. The molecule has 38 heavy (non-hydrogen) atoms. The van der Waals surface area contributed by atoms with Crippen molar-refractivity contribution in [2.75, 3.05) is 11.5 Å². The van der Waals surface area contributed by atoms with E-state index in [-0.39, 0.29) is 35.9 Å². The maximum Gasteiger partial charge on any atom is 0.343 e. The van der Waals surface area contributed by atoms with Crippen LogP contribution in [0.25, 0.3) is 34.0 Å². The van der Waals surface area contributed by atoms with E-state index in [2.05, 4.69) is 16.9 Å². The van der Waals surface area contributed by atoms with Crippen LogP contribution in [0.5, 0.6) is 0 Å². The summed E-state index contributed by atoms with van der Waals surface area (Å²) in [5, 5.41) is 0. The molecule has 3 heterocycles. The van der Waals surface area contributed by atoms with Crippen molar-refractivity contribution in [3.8, 4) is 22.8 Å². The van der Waals surface area contributed by atoms with Crippen LogP contribution >= 0.6 is 0 Å². The Bertz CT molecular complexity index is 1390. The van der Waals surface area contributed by atoms with E-state index in [1.165, 1.54) is 0 Å². The highest BCUT2D eigenvalue weighted by atomic mass is 16.5. The molecule has 0 spiro atoms. The summed E-state index contributed by atoms with van der Waals surface area (Å²) in [6, 6.07) is 12.6. The molecule has 1 aliphatic carbocycles. The minimum atomic E-state index is -0.510. The maximum absolute atomic E-state index is 13.7. The second kappa shape index (κ2) is 10.8. The normalized spacial score (nSPS) is 17.6. The predicted octanol–water partition coefficient (Wildman–Crippen LogP) is 6.89. The lowest BCUT2D eigenvalue weighted by atomic mass is 9.82. The van der Waals surface area contributed by atoms with Gasteiger partial charge in [0.1, 0.15) is 11.3 Å². The summed E-state index contributed by atoms with van der Waals surface area (Å²) in [5.74, 6) is 1.22. The average molecular weight is 516 g/mol. The topological polar surface area (TPSA) is 98.7 Å². The number of anilines is 1. The molecule has 1 amide bonds. The Balaban J connectivity index is 1.48. The molecule has 8 nitrogen and oxygen atoms in total. The molecule has 0 bridgehead atoms. The Morgan fingerprint density at radius 3 is 2.42 bits per heavy atom. The quantitative estimate of drug-likeness (QED) is 0.247. The fourth-order valence-electron chi connectivity index (χ4n) is 5.02. The van der Waals surface area contributed by atoms with Crippen LogP contribution in [-0.2, 0) is 9.53 Å². The molecule has 1 aromatic carbocycles. The Labute approximate surface area is 222 Å². The number of ether oxygens (including phenoxy) is 1. The summed E-state index contributed by atoms with van der Waals surface area (Å²) in [4.78, 5) is 37.0. The number of fused-ring (bicyclic) bond motifs is 1. The van der Waals surface area contributed by atoms with Crippen LogP contribution in [0.15, 0.2) is 57.5 Å². The molecule has 198 valence electrons. The van der Waals surface area contributed by atoms with Gasteiger partial charge in [0.15, 0.2) is 11.2 Å². The number of aromatic nitrogens is 2. The Kier molecular flexibility index (Phi) is 7.31. The highest BCUT2D eigenvalue weighted by Gasteiger charge is 2.35. The Hall–Kier alpha value is -3.94. The molecule has 0 aliphatic heterocycles. The second-order valence-corrected chi connectivity index (χ2v) is 10.2. The zero-order valence-electron chi connectivity index (χ0n) is 22.3. The van der Waals surface area contributed by atoms with Gasteiger partial charge in [0.2, 0.25) is 17.7 Å². The summed E-state index contributed by atoms with van der Waals surface area (Å²) in [5.41, 5.74) is 2.96. The number of hydrogen-bond acceptors (Lipinski definition) is 7. The standard InChI is InChI=1S/C30H33N3O5/c1-5-36-30(35)23-17-25(38-29(23)33(18(2)3)28(34)22-10-8-19(4)9-11-22)20-12-14-21(15-13-20)27-32-26-24(37-27)7-6-16-31-26/h6-7,12-19,22H,5,8-11H2,1-4H3. The van der Waals surface area contributed by atoms with E-state index in [0.29, 0.717) is 28.8 Å². The Morgan fingerprint density at radius 2 is 1.76 bits per heavy atom. The molecular weight excluding hydrogens is 482 g/mol. The molecule has 0 radical (unpaired) electrons. The number of hydrogen-bond donors (Lipinski definition) is 0. The first-order valence-electron chi connectivity index (χ1n) is 13.3. The van der Waals surface area contributed by atoms with Crippen LogP contribution in [0.2, 0.25) is 0 Å². The first-order chi connectivity index (χ1) is 18.4. The third-order valence-electron chi connectivity index (χ3n) is 7.13. The lowest BCUT2D eigenvalue weighted by molar-refractivity contribution is -0.124. The monoisotopic (exact) mass is 515 g/mol. The van der Waals surface area contributed by atoms with E-state index in [0.717, 1.165) is 36.8 Å². The van der Waals surface area contributed by atoms with Crippen molar-refractivity contribution in [3.63, 3.8) is 0 Å². The smallest absolute Gasteiger partial charge is 0.343 e. The van der Waals surface area contributed by atoms with Gasteiger partial charge < -0.3 is 13.6 Å². The van der Waals surface area contributed by atoms with E-state index in [1.807, 2.05) is 44.2 Å². The number of esters is 1. The number of rotatable bonds is 7. The van der Waals surface area contributed by atoms with Crippen molar-refractivity contribution in [2.24, 2.45) is 11.8 Å². The first-order valence-corrected chi connectivity index (χ1v) is 13.3. The molecular formula is C30H33N3O5. The van der Waals surface area contributed by atoms with Crippen LogP contribution < -0.4 is 4.90 Å². The Morgan fingerprint density at radius 1 is 1.05 bits per heavy atom. The van der Waals surface area contributed by atoms with Gasteiger partial charge in [-0.1, -0.05) is 19.1 Å². The molecule has 5 rings (SSSR count). The van der Waals surface area contributed by atoms with Crippen molar-refractivity contribution < 1.29 is 23.2 Å². The van der Waals surface area contributed by atoms with Gasteiger partial charge in [0.05, 0.1) is 6.61 Å². The summed E-state index contributed by atoms with van der Waals surface area (Å²) in [7, 11) is 0. The van der Waals surface area contributed by atoms with Crippen LogP contribution in [0.3, 0.4) is 0 Å². The van der Waals surface area contributed by atoms with E-state index in [4.69, 9.17) is 13.6 Å². The van der Waals surface area contributed by atoms with Gasteiger partial charge in [-0.3, -0.25) is 9.69 Å². The molecule has 3 aromatic heterocycles. The van der Waals surface area contributed by atoms with E-state index in [9.17, 15) is 9.59 Å². The zero-order valence-corrected chi connectivity index (χ0v) is 22.3. The van der Waals surface area contributed by atoms with Crippen molar-refractivity contribution in [1.29, 1.82) is 0 Å². The van der Waals surface area contributed by atoms with Crippen molar-refractivity contribution >= 4 is 29.0 Å². The third kappa shape index (κ3) is 5.08. The van der Waals surface area contributed by atoms with Gasteiger partial charge in [-0.2, -0.15) is 4.98 Å². The van der Waals surface area contributed by atoms with Crippen LogP contribution in [0, 0.1) is 11.8 Å². The van der Waals surface area contributed by atoms with Crippen molar-refractivity contribution in [1.82, 2.24) is 9.97 Å². The van der Waals surface area contributed by atoms with E-state index < -0.39 is 5.97 Å². The second-order valence-electron chi connectivity index (χ2n) is 10.2. The zero-order chi connectivity index (χ0) is 26.8. The number of furan rings is 1. The van der Waals surface area contributed by atoms with Gasteiger partial charge >= 0.3 is 5.97 Å². The van der Waals surface area contributed by atoms with Gasteiger partial charge in [0, 0.05) is 35.3 Å². The SMILES string of the molecule is CCOC(=O)c1cc(-c2ccc(-c3nc4ncccc4o3)cc2)oc1N(C(=O)C1CCC(C)CC1)C(C)C. The van der Waals surface area contributed by atoms with Gasteiger partial charge in [0.25, 0.3) is 0 Å². The number of nitrogens with zero attached hydrogens (tertiary/aromatic N) is 3. The number of oxazole rings is 1. The minimum absolute atomic E-state index is 0.00161. The number of carbonyl (C=O) groups is 2. The van der Waals surface area contributed by atoms with E-state index >= 15 is 0 Å². The largest absolute Gasteiger partial charge is 0.462 e. The van der Waals surface area contributed by atoms with Crippen molar-refractivity contribution in [3.05, 3.63) is 54.2 Å². The first kappa shape index (κ1) is 25.7. The summed E-state index contributed by atoms with van der Waals surface area (Å²) in [6.45, 7) is 8.08. The highest BCUT2D eigenvalue weighted by molar-refractivity contribution is 6.03. The molecule has 1 aliphatic rings. The molecule has 0 atom stereocenters. The third-order valence-corrected chi connectivity index (χ3v) is 7.13. The molecule has 1 fully saturated rings. The van der Waals surface area contributed by atoms with Crippen molar-refractivity contribution in [2.45, 2.75) is 59.4 Å². The van der Waals surface area contributed by atoms with Gasteiger partial charge in [-0.25, -0.2) is 9.78 Å². The summed E-state index contributed by atoms with van der Waals surface area (Å²) in [6.07, 6.45) is 5.42. The number of benzene rings is 1. The molecule has 0 N–H and O–H groups in total. The fraction of sp³-hybridized carbons (Fsp3) is 0.400. The molecule has 1 saturated carbocycles. The van der Waals surface area contributed by atoms with Gasteiger partial charge in [-0.15, -0.1) is 0 Å².